The van der Waals surface area contributed by atoms with E-state index in [0.717, 1.165) is 65.0 Å². The first-order valence-electron chi connectivity index (χ1n) is 12.4. The number of amides is 1. The summed E-state index contributed by atoms with van der Waals surface area (Å²) in [7, 11) is 0. The minimum absolute atomic E-state index is 0.180. The van der Waals surface area contributed by atoms with Gasteiger partial charge in [0.05, 0.1) is 0 Å². The molecule has 2 saturated heterocycles. The van der Waals surface area contributed by atoms with Crippen LogP contribution in [0.25, 0.3) is 0 Å². The van der Waals surface area contributed by atoms with E-state index in [4.69, 9.17) is 0 Å². The molecule has 1 amide bonds. The highest BCUT2D eigenvalue weighted by Crippen LogP contribution is 2.32. The first-order valence-corrected chi connectivity index (χ1v) is 12.4. The van der Waals surface area contributed by atoms with Crippen LogP contribution < -0.4 is 5.32 Å². The Labute approximate surface area is 181 Å². The largest absolute Gasteiger partial charge is 0.342 e. The summed E-state index contributed by atoms with van der Waals surface area (Å²) in [5, 5.41) is 3.38. The fraction of sp³-hybridized carbons (Fsp3) is 0.917. The monoisotopic (exact) mass is 411 g/mol. The van der Waals surface area contributed by atoms with Crippen LogP contribution in [-0.2, 0) is 9.59 Å². The zero-order valence-corrected chi connectivity index (χ0v) is 20.4. The maximum absolute atomic E-state index is 12.5. The molecule has 3 aliphatic rings. The molecular weight excluding hydrogens is 362 g/mol. The maximum atomic E-state index is 12.5. The molecule has 2 aliphatic heterocycles. The van der Waals surface area contributed by atoms with E-state index in [1.807, 2.05) is 41.5 Å². The lowest BCUT2D eigenvalue weighted by Crippen LogP contribution is -2.53. The van der Waals surface area contributed by atoms with Crippen LogP contribution in [0.2, 0.25) is 0 Å². The van der Waals surface area contributed by atoms with Gasteiger partial charge >= 0.3 is 0 Å². The second-order valence-corrected chi connectivity index (χ2v) is 7.65. The number of carbonyl (C=O) groups is 2. The van der Waals surface area contributed by atoms with E-state index < -0.39 is 0 Å². The Morgan fingerprint density at radius 2 is 1.31 bits per heavy atom. The highest BCUT2D eigenvalue weighted by atomic mass is 16.2. The molecule has 0 aromatic carbocycles. The minimum atomic E-state index is 0.180. The summed E-state index contributed by atoms with van der Waals surface area (Å²) in [5.41, 5.74) is 0. The lowest BCUT2D eigenvalue weighted by Gasteiger charge is -2.43. The van der Waals surface area contributed by atoms with Crippen LogP contribution in [0.1, 0.15) is 80.6 Å². The highest BCUT2D eigenvalue weighted by molar-refractivity contribution is 5.81. The molecule has 29 heavy (non-hydrogen) atoms. The van der Waals surface area contributed by atoms with Crippen LogP contribution in [0, 0.1) is 17.8 Å². The summed E-state index contributed by atoms with van der Waals surface area (Å²) in [5.74, 6) is 1.74. The van der Waals surface area contributed by atoms with Crippen LogP contribution in [0.3, 0.4) is 0 Å². The Morgan fingerprint density at radius 3 is 1.79 bits per heavy atom. The van der Waals surface area contributed by atoms with Crippen molar-refractivity contribution in [3.63, 3.8) is 0 Å². The lowest BCUT2D eigenvalue weighted by molar-refractivity contribution is -0.144. The number of hydrogen-bond donors (Lipinski definition) is 1. The van der Waals surface area contributed by atoms with Gasteiger partial charge in [-0.15, -0.1) is 0 Å². The number of hydrogen-bond acceptors (Lipinski definition) is 4. The Hall–Kier alpha value is -0.940. The summed E-state index contributed by atoms with van der Waals surface area (Å²) >= 11 is 0. The number of rotatable bonds is 5. The van der Waals surface area contributed by atoms with E-state index in [0.29, 0.717) is 17.6 Å². The van der Waals surface area contributed by atoms with Crippen molar-refractivity contribution in [2.75, 3.05) is 45.8 Å². The van der Waals surface area contributed by atoms with Crippen molar-refractivity contribution < 1.29 is 9.59 Å². The van der Waals surface area contributed by atoms with Gasteiger partial charge in [0.2, 0.25) is 5.91 Å². The second kappa shape index (κ2) is 16.8. The number of nitrogens with one attached hydrogen (secondary N) is 1. The summed E-state index contributed by atoms with van der Waals surface area (Å²) in [6, 6.07) is 0. The van der Waals surface area contributed by atoms with Gasteiger partial charge < -0.3 is 15.1 Å². The van der Waals surface area contributed by atoms with Crippen LogP contribution >= 0.6 is 0 Å². The SMILES string of the molecule is CC.CC.CC.CC(=O)C1CCC(C(=O)N2CC(CCN3CCNCC3)C2)CC1. The standard InChI is InChI=1S/C18H31N3O2.3C2H6/c1-14(22)16-2-4-17(5-3-16)18(23)21-12-15(13-21)6-9-20-10-7-19-8-11-20;3*1-2/h15-17,19H,2-13H2,1H3;3*1-2H3. The molecule has 2 heterocycles. The van der Waals surface area contributed by atoms with E-state index >= 15 is 0 Å². The molecule has 3 fully saturated rings. The van der Waals surface area contributed by atoms with Gasteiger partial charge in [-0.2, -0.15) is 0 Å². The molecule has 1 saturated carbocycles. The topological polar surface area (TPSA) is 52.7 Å². The van der Waals surface area contributed by atoms with Gasteiger partial charge in [-0.3, -0.25) is 9.59 Å². The Morgan fingerprint density at radius 1 is 0.828 bits per heavy atom. The van der Waals surface area contributed by atoms with Crippen LogP contribution in [0.4, 0.5) is 0 Å². The van der Waals surface area contributed by atoms with E-state index in [9.17, 15) is 9.59 Å². The fourth-order valence-electron chi connectivity index (χ4n) is 4.24. The second-order valence-electron chi connectivity index (χ2n) is 7.65. The molecule has 0 aromatic rings. The molecule has 3 rings (SSSR count). The lowest BCUT2D eigenvalue weighted by atomic mass is 9.79. The van der Waals surface area contributed by atoms with Crippen molar-refractivity contribution in [1.82, 2.24) is 15.1 Å². The first kappa shape index (κ1) is 28.1. The number of carbonyl (C=O) groups excluding carboxylic acids is 2. The van der Waals surface area contributed by atoms with E-state index in [-0.39, 0.29) is 11.8 Å². The van der Waals surface area contributed by atoms with E-state index in [1.165, 1.54) is 13.0 Å². The molecule has 5 heteroatoms. The fourth-order valence-corrected chi connectivity index (χ4v) is 4.24. The molecule has 0 bridgehead atoms. The molecule has 0 unspecified atom stereocenters. The molecule has 1 N–H and O–H groups in total. The Bertz CT molecular complexity index is 422. The molecule has 0 spiro atoms. The van der Waals surface area contributed by atoms with Crippen molar-refractivity contribution in [2.45, 2.75) is 80.6 Å². The quantitative estimate of drug-likeness (QED) is 0.736. The molecule has 0 aromatic heterocycles. The van der Waals surface area contributed by atoms with E-state index in [2.05, 4.69) is 15.1 Å². The van der Waals surface area contributed by atoms with Gasteiger partial charge in [0, 0.05) is 51.1 Å². The molecular formula is C24H49N3O2. The van der Waals surface area contributed by atoms with Crippen LogP contribution in [-0.4, -0.2) is 67.3 Å². The van der Waals surface area contributed by atoms with Crippen LogP contribution in [0.15, 0.2) is 0 Å². The summed E-state index contributed by atoms with van der Waals surface area (Å²) in [4.78, 5) is 28.5. The number of likely N-dealkylation sites (tertiary alicyclic amines) is 1. The average Bonchev–Trinajstić information content (AvgIpc) is 2.77. The molecule has 0 atom stereocenters. The Balaban J connectivity index is 0.00000120. The van der Waals surface area contributed by atoms with Crippen molar-refractivity contribution in [1.29, 1.82) is 0 Å². The minimum Gasteiger partial charge on any atom is -0.342 e. The Kier molecular flexibility index (Phi) is 16.3. The smallest absolute Gasteiger partial charge is 0.225 e. The zero-order valence-electron chi connectivity index (χ0n) is 20.4. The van der Waals surface area contributed by atoms with Gasteiger partial charge in [0.1, 0.15) is 5.78 Å². The van der Waals surface area contributed by atoms with Crippen molar-refractivity contribution in [3.8, 4) is 0 Å². The average molecular weight is 412 g/mol. The third-order valence-electron chi connectivity index (χ3n) is 5.98. The third-order valence-corrected chi connectivity index (χ3v) is 5.98. The third kappa shape index (κ3) is 9.61. The van der Waals surface area contributed by atoms with Gasteiger partial charge in [0.25, 0.3) is 0 Å². The molecule has 1 aliphatic carbocycles. The van der Waals surface area contributed by atoms with E-state index in [1.54, 1.807) is 6.92 Å². The number of nitrogens with zero attached hydrogens (tertiary/aromatic N) is 2. The maximum Gasteiger partial charge on any atom is 0.225 e. The summed E-state index contributed by atoms with van der Waals surface area (Å²) in [6.07, 6.45) is 4.86. The van der Waals surface area contributed by atoms with Crippen molar-refractivity contribution in [2.24, 2.45) is 17.8 Å². The summed E-state index contributed by atoms with van der Waals surface area (Å²) < 4.78 is 0. The van der Waals surface area contributed by atoms with Gasteiger partial charge in [0.15, 0.2) is 0 Å². The number of ketones is 1. The highest BCUT2D eigenvalue weighted by Gasteiger charge is 2.36. The zero-order chi connectivity index (χ0) is 22.2. The summed E-state index contributed by atoms with van der Waals surface area (Å²) in [6.45, 7) is 21.3. The van der Waals surface area contributed by atoms with Crippen molar-refractivity contribution >= 4 is 11.7 Å². The molecule has 172 valence electrons. The van der Waals surface area contributed by atoms with Crippen LogP contribution in [0.5, 0.6) is 0 Å². The first-order chi connectivity index (χ1) is 14.1. The van der Waals surface area contributed by atoms with Gasteiger partial charge in [-0.05, 0) is 51.5 Å². The predicted molar refractivity (Wildman–Crippen MR) is 124 cm³/mol. The van der Waals surface area contributed by atoms with Gasteiger partial charge in [-0.1, -0.05) is 41.5 Å². The van der Waals surface area contributed by atoms with Gasteiger partial charge in [-0.25, -0.2) is 0 Å². The molecule has 0 radical (unpaired) electrons. The number of piperazine rings is 1. The van der Waals surface area contributed by atoms with Crippen molar-refractivity contribution in [3.05, 3.63) is 0 Å². The predicted octanol–water partition coefficient (Wildman–Crippen LogP) is 4.21. The normalized spacial score (nSPS) is 24.4. The number of Topliss-reactive ketones (excluding diaryl/α,β-unsaturated/α-hetero) is 1. The molecule has 5 nitrogen and oxygen atoms in total.